The largest absolute Gasteiger partial charge is 0.478 e. The van der Waals surface area contributed by atoms with Crippen LogP contribution >= 0.6 is 0 Å². The molecule has 162 valence electrons. The first-order valence-corrected chi connectivity index (χ1v) is 9.24. The first kappa shape index (κ1) is 22.0. The Balaban J connectivity index is 1.89. The van der Waals surface area contributed by atoms with E-state index in [0.29, 0.717) is 23.3 Å². The Bertz CT molecular complexity index is 1190. The van der Waals surface area contributed by atoms with Crippen LogP contribution in [-0.2, 0) is 4.79 Å². The van der Waals surface area contributed by atoms with E-state index < -0.39 is 17.8 Å². The lowest BCUT2D eigenvalue weighted by Crippen LogP contribution is -2.29. The van der Waals surface area contributed by atoms with E-state index >= 15 is 0 Å². The number of nitrogens with zero attached hydrogens (tertiary/aromatic N) is 1. The number of carbonyl (C=O) groups excluding carboxylic acids is 2. The highest BCUT2D eigenvalue weighted by Crippen LogP contribution is 2.27. The number of hydrogen-bond acceptors (Lipinski definition) is 6. The van der Waals surface area contributed by atoms with Crippen molar-refractivity contribution in [3.05, 3.63) is 82.9 Å². The lowest BCUT2D eigenvalue weighted by molar-refractivity contribution is -0.106. The average Bonchev–Trinajstić information content (AvgIpc) is 2.75. The molecule has 2 amide bonds. The zero-order valence-electron chi connectivity index (χ0n) is 16.8. The molecule has 0 atom stereocenters. The third-order valence-electron chi connectivity index (χ3n) is 4.56. The number of hydrogen-bond donors (Lipinski definition) is 3. The summed E-state index contributed by atoms with van der Waals surface area (Å²) in [5.41, 5.74) is 6.73. The summed E-state index contributed by atoms with van der Waals surface area (Å²) in [7, 11) is 0. The zero-order chi connectivity index (χ0) is 23.4. The standard InChI is InChI=1S/C23H18N2O7/c1-13-8-18(32-19-10-14(22(28)29)9-15(11-19)23(30)31)6-7-20(13)21(27)25(12-26)17-4-2-16(24)3-5-17/h2-12H,24H2,1H3,(H,28,29)(H,30,31). The van der Waals surface area contributed by atoms with Crippen molar-refractivity contribution in [3.8, 4) is 11.5 Å². The van der Waals surface area contributed by atoms with E-state index in [1.54, 1.807) is 31.2 Å². The molecule has 0 radical (unpaired) electrons. The van der Waals surface area contributed by atoms with E-state index in [0.717, 1.165) is 11.0 Å². The lowest BCUT2D eigenvalue weighted by atomic mass is 10.1. The molecule has 0 heterocycles. The molecular weight excluding hydrogens is 416 g/mol. The minimum absolute atomic E-state index is 0.0113. The van der Waals surface area contributed by atoms with Crippen molar-refractivity contribution in [1.29, 1.82) is 0 Å². The molecule has 3 aromatic carbocycles. The maximum Gasteiger partial charge on any atom is 0.335 e. The maximum absolute atomic E-state index is 12.9. The normalized spacial score (nSPS) is 10.3. The molecule has 0 aliphatic heterocycles. The molecule has 9 heteroatoms. The number of anilines is 2. The predicted octanol–water partition coefficient (Wildman–Crippen LogP) is 3.57. The van der Waals surface area contributed by atoms with Crippen molar-refractivity contribution in [2.24, 2.45) is 0 Å². The molecular formula is C23H18N2O7. The first-order chi connectivity index (χ1) is 15.2. The number of carbonyl (C=O) groups is 4. The number of carboxylic acid groups (broad SMARTS) is 2. The Kier molecular flexibility index (Phi) is 6.20. The number of aryl methyl sites for hydroxylation is 1. The molecule has 9 nitrogen and oxygen atoms in total. The highest BCUT2D eigenvalue weighted by atomic mass is 16.5. The number of imide groups is 1. The Morgan fingerprint density at radius 1 is 0.875 bits per heavy atom. The number of benzene rings is 3. The van der Waals surface area contributed by atoms with Gasteiger partial charge in [-0.1, -0.05) is 0 Å². The van der Waals surface area contributed by atoms with Crippen LogP contribution < -0.4 is 15.4 Å². The fraction of sp³-hybridized carbons (Fsp3) is 0.0435. The molecule has 0 aliphatic carbocycles. The van der Waals surface area contributed by atoms with Gasteiger partial charge in [-0.05, 0) is 73.2 Å². The van der Waals surface area contributed by atoms with Gasteiger partial charge < -0.3 is 20.7 Å². The van der Waals surface area contributed by atoms with Gasteiger partial charge in [-0.3, -0.25) is 9.59 Å². The Labute approximate surface area is 182 Å². The van der Waals surface area contributed by atoms with Crippen LogP contribution in [-0.4, -0.2) is 34.5 Å². The van der Waals surface area contributed by atoms with Gasteiger partial charge in [0.2, 0.25) is 6.41 Å². The summed E-state index contributed by atoms with van der Waals surface area (Å²) >= 11 is 0. The van der Waals surface area contributed by atoms with Crippen LogP contribution in [0.25, 0.3) is 0 Å². The van der Waals surface area contributed by atoms with Crippen molar-refractivity contribution < 1.29 is 34.1 Å². The maximum atomic E-state index is 12.9. The molecule has 0 spiro atoms. The summed E-state index contributed by atoms with van der Waals surface area (Å²) in [5, 5.41) is 18.4. The molecule has 32 heavy (non-hydrogen) atoms. The van der Waals surface area contributed by atoms with E-state index in [1.165, 1.54) is 30.3 Å². The predicted molar refractivity (Wildman–Crippen MR) is 115 cm³/mol. The second kappa shape index (κ2) is 9.00. The Morgan fingerprint density at radius 3 is 1.97 bits per heavy atom. The van der Waals surface area contributed by atoms with Gasteiger partial charge in [0.25, 0.3) is 5.91 Å². The van der Waals surface area contributed by atoms with Crippen LogP contribution in [0, 0.1) is 6.92 Å². The summed E-state index contributed by atoms with van der Waals surface area (Å²) in [6, 6.07) is 14.1. The summed E-state index contributed by atoms with van der Waals surface area (Å²) in [6.45, 7) is 1.64. The van der Waals surface area contributed by atoms with Crippen LogP contribution in [0.5, 0.6) is 11.5 Å². The average molecular weight is 434 g/mol. The van der Waals surface area contributed by atoms with Crippen molar-refractivity contribution >= 4 is 35.6 Å². The molecule has 0 aliphatic rings. The summed E-state index contributed by atoms with van der Waals surface area (Å²) in [5.74, 6) is -2.89. The van der Waals surface area contributed by atoms with E-state index in [4.69, 9.17) is 10.5 Å². The molecule has 4 N–H and O–H groups in total. The molecule has 0 saturated heterocycles. The molecule has 3 aromatic rings. The van der Waals surface area contributed by atoms with Gasteiger partial charge in [0, 0.05) is 11.3 Å². The van der Waals surface area contributed by atoms with Gasteiger partial charge in [0.05, 0.1) is 16.8 Å². The SMILES string of the molecule is Cc1cc(Oc2cc(C(=O)O)cc(C(=O)O)c2)ccc1C(=O)N(C=O)c1ccc(N)cc1. The third kappa shape index (κ3) is 4.73. The quantitative estimate of drug-likeness (QED) is 0.378. The number of amides is 2. The van der Waals surface area contributed by atoms with Crippen LogP contribution in [0.15, 0.2) is 60.7 Å². The Hall–Kier alpha value is -4.66. The van der Waals surface area contributed by atoms with Crippen LogP contribution in [0.3, 0.4) is 0 Å². The van der Waals surface area contributed by atoms with Crippen molar-refractivity contribution in [1.82, 2.24) is 0 Å². The van der Waals surface area contributed by atoms with Gasteiger partial charge in [-0.15, -0.1) is 0 Å². The molecule has 0 fully saturated rings. The van der Waals surface area contributed by atoms with Gasteiger partial charge in [-0.2, -0.15) is 0 Å². The van der Waals surface area contributed by atoms with Crippen LogP contribution in [0.4, 0.5) is 11.4 Å². The van der Waals surface area contributed by atoms with Gasteiger partial charge in [0.1, 0.15) is 11.5 Å². The second-order valence-electron chi connectivity index (χ2n) is 6.81. The monoisotopic (exact) mass is 434 g/mol. The van der Waals surface area contributed by atoms with E-state index in [9.17, 15) is 29.4 Å². The van der Waals surface area contributed by atoms with E-state index in [-0.39, 0.29) is 28.2 Å². The molecule has 0 saturated carbocycles. The fourth-order valence-electron chi connectivity index (χ4n) is 2.97. The molecule has 0 bridgehead atoms. The first-order valence-electron chi connectivity index (χ1n) is 9.24. The smallest absolute Gasteiger partial charge is 0.335 e. The number of aromatic carboxylic acids is 2. The topological polar surface area (TPSA) is 147 Å². The van der Waals surface area contributed by atoms with Crippen molar-refractivity contribution in [2.45, 2.75) is 6.92 Å². The second-order valence-corrected chi connectivity index (χ2v) is 6.81. The van der Waals surface area contributed by atoms with Crippen LogP contribution in [0.2, 0.25) is 0 Å². The Morgan fingerprint density at radius 2 is 1.47 bits per heavy atom. The van der Waals surface area contributed by atoms with Gasteiger partial charge in [-0.25, -0.2) is 14.5 Å². The number of carboxylic acids is 2. The third-order valence-corrected chi connectivity index (χ3v) is 4.56. The highest BCUT2D eigenvalue weighted by molar-refractivity contribution is 6.16. The molecule has 0 aromatic heterocycles. The zero-order valence-corrected chi connectivity index (χ0v) is 16.8. The van der Waals surface area contributed by atoms with Crippen molar-refractivity contribution in [2.75, 3.05) is 10.6 Å². The minimum Gasteiger partial charge on any atom is -0.478 e. The van der Waals surface area contributed by atoms with E-state index in [2.05, 4.69) is 0 Å². The minimum atomic E-state index is -1.30. The molecule has 0 unspecified atom stereocenters. The fourth-order valence-corrected chi connectivity index (χ4v) is 2.97. The highest BCUT2D eigenvalue weighted by Gasteiger charge is 2.20. The lowest BCUT2D eigenvalue weighted by Gasteiger charge is -2.17. The number of nitrogen functional groups attached to an aromatic ring is 1. The number of ether oxygens (including phenoxy) is 1. The van der Waals surface area contributed by atoms with E-state index in [1.807, 2.05) is 0 Å². The van der Waals surface area contributed by atoms with Crippen LogP contribution in [0.1, 0.15) is 36.6 Å². The van der Waals surface area contributed by atoms with Gasteiger partial charge >= 0.3 is 11.9 Å². The van der Waals surface area contributed by atoms with Gasteiger partial charge in [0.15, 0.2) is 0 Å². The summed E-state index contributed by atoms with van der Waals surface area (Å²) in [4.78, 5) is 47.9. The number of rotatable bonds is 7. The summed E-state index contributed by atoms with van der Waals surface area (Å²) < 4.78 is 5.63. The number of nitrogens with two attached hydrogens (primary N) is 1. The summed E-state index contributed by atoms with van der Waals surface area (Å²) in [6.07, 6.45) is 0.405. The van der Waals surface area contributed by atoms with Crippen molar-refractivity contribution in [3.63, 3.8) is 0 Å². The molecule has 3 rings (SSSR count).